The van der Waals surface area contributed by atoms with Gasteiger partial charge in [0.25, 0.3) is 0 Å². The van der Waals surface area contributed by atoms with Gasteiger partial charge in [-0.05, 0) is 54.4 Å². The number of aromatic nitrogens is 1. The first-order valence-electron chi connectivity index (χ1n) is 10.5. The molecule has 0 spiro atoms. The lowest BCUT2D eigenvalue weighted by Crippen LogP contribution is -2.27. The van der Waals surface area contributed by atoms with Gasteiger partial charge in [0.2, 0.25) is 5.91 Å². The van der Waals surface area contributed by atoms with Crippen LogP contribution in [-0.4, -0.2) is 24.5 Å². The van der Waals surface area contributed by atoms with E-state index >= 15 is 0 Å². The minimum atomic E-state index is -0.578. The monoisotopic (exact) mass is 498 g/mol. The minimum Gasteiger partial charge on any atom is -0.496 e. The van der Waals surface area contributed by atoms with Crippen LogP contribution in [0.25, 0.3) is 10.9 Å². The van der Waals surface area contributed by atoms with E-state index in [-0.39, 0.29) is 23.1 Å². The maximum Gasteiger partial charge on any atom is 0.224 e. The summed E-state index contributed by atoms with van der Waals surface area (Å²) in [5, 5.41) is 4.50. The Labute approximate surface area is 206 Å². The molecule has 4 rings (SSSR count). The molecule has 0 saturated heterocycles. The van der Waals surface area contributed by atoms with Crippen LogP contribution in [0.4, 0.5) is 4.39 Å². The van der Waals surface area contributed by atoms with E-state index in [2.05, 4.69) is 10.3 Å². The van der Waals surface area contributed by atoms with Crippen LogP contribution in [0, 0.1) is 5.82 Å². The third kappa shape index (κ3) is 5.76. The Hall–Kier alpha value is -3.35. The normalized spacial score (nSPS) is 10.8. The highest BCUT2D eigenvalue weighted by atomic mass is 35.5. The molecule has 4 aromatic rings. The van der Waals surface area contributed by atoms with Crippen LogP contribution in [0.5, 0.6) is 17.2 Å². The molecule has 34 heavy (non-hydrogen) atoms. The number of methoxy groups -OCH3 is 1. The summed E-state index contributed by atoms with van der Waals surface area (Å²) in [6.07, 6.45) is 2.35. The number of ether oxygens (including phenoxy) is 2. The van der Waals surface area contributed by atoms with Gasteiger partial charge in [-0.25, -0.2) is 4.39 Å². The summed E-state index contributed by atoms with van der Waals surface area (Å²) in [4.78, 5) is 17.0. The van der Waals surface area contributed by atoms with Gasteiger partial charge in [0, 0.05) is 39.8 Å². The number of amides is 1. The van der Waals surface area contributed by atoms with E-state index in [1.807, 2.05) is 24.3 Å². The molecule has 0 aliphatic carbocycles. The second kappa shape index (κ2) is 10.7. The Morgan fingerprint density at radius 1 is 0.971 bits per heavy atom. The lowest BCUT2D eigenvalue weighted by molar-refractivity contribution is -0.120. The molecule has 0 aliphatic rings. The number of carbonyl (C=O) groups excluding carboxylic acids is 1. The van der Waals surface area contributed by atoms with Gasteiger partial charge >= 0.3 is 0 Å². The predicted octanol–water partition coefficient (Wildman–Crippen LogP) is 6.38. The molecule has 0 aliphatic heterocycles. The van der Waals surface area contributed by atoms with E-state index in [9.17, 15) is 9.18 Å². The quantitative estimate of drug-likeness (QED) is 0.306. The van der Waals surface area contributed by atoms with Gasteiger partial charge < -0.3 is 14.8 Å². The molecule has 1 N–H and O–H groups in total. The van der Waals surface area contributed by atoms with Gasteiger partial charge in [0.15, 0.2) is 11.6 Å². The van der Waals surface area contributed by atoms with Crippen molar-refractivity contribution in [2.24, 2.45) is 0 Å². The van der Waals surface area contributed by atoms with Crippen LogP contribution < -0.4 is 14.8 Å². The summed E-state index contributed by atoms with van der Waals surface area (Å²) in [6, 6.07) is 16.8. The molecule has 3 aromatic carbocycles. The summed E-state index contributed by atoms with van der Waals surface area (Å²) in [7, 11) is 1.53. The van der Waals surface area contributed by atoms with Crippen molar-refractivity contribution in [1.82, 2.24) is 10.3 Å². The van der Waals surface area contributed by atoms with Gasteiger partial charge in [-0.15, -0.1) is 0 Å². The fourth-order valence-corrected chi connectivity index (χ4v) is 3.80. The standard InChI is InChI=1S/C26H21Cl2FN2O3/c1-33-25-15-22-20(23(9-11-30-22)34-24-7-6-19(28)14-21(24)29)12-17(25)13-26(32)31-10-8-16-2-4-18(27)5-3-16/h2-7,9,11-12,14-15H,8,10,13H2,1H3,(H,31,32). The Balaban J connectivity index is 1.52. The molecule has 1 amide bonds. The molecule has 0 atom stereocenters. The lowest BCUT2D eigenvalue weighted by Gasteiger charge is -2.14. The molecule has 0 fully saturated rings. The van der Waals surface area contributed by atoms with Crippen LogP contribution in [-0.2, 0) is 17.6 Å². The number of rotatable bonds is 8. The van der Waals surface area contributed by atoms with Crippen molar-refractivity contribution in [1.29, 1.82) is 0 Å². The highest BCUT2D eigenvalue weighted by molar-refractivity contribution is 6.30. The number of halogens is 3. The summed E-state index contributed by atoms with van der Waals surface area (Å²) in [6.45, 7) is 0.488. The number of carbonyl (C=O) groups is 1. The lowest BCUT2D eigenvalue weighted by atomic mass is 10.1. The summed E-state index contributed by atoms with van der Waals surface area (Å²) < 4.78 is 25.6. The maximum atomic E-state index is 14.3. The van der Waals surface area contributed by atoms with Crippen molar-refractivity contribution >= 4 is 40.0 Å². The van der Waals surface area contributed by atoms with Crippen molar-refractivity contribution in [3.8, 4) is 17.2 Å². The molecule has 8 heteroatoms. The number of fused-ring (bicyclic) bond motifs is 1. The van der Waals surface area contributed by atoms with Crippen molar-refractivity contribution < 1.29 is 18.7 Å². The third-order valence-corrected chi connectivity index (χ3v) is 5.70. The SMILES string of the molecule is COc1cc2nccc(Oc3ccc(Cl)cc3F)c2cc1CC(=O)NCCc1ccc(Cl)cc1. The largest absolute Gasteiger partial charge is 0.496 e. The zero-order valence-corrected chi connectivity index (χ0v) is 19.8. The van der Waals surface area contributed by atoms with E-state index in [1.165, 1.54) is 19.2 Å². The van der Waals surface area contributed by atoms with Gasteiger partial charge in [0.05, 0.1) is 19.0 Å². The van der Waals surface area contributed by atoms with Gasteiger partial charge in [-0.3, -0.25) is 9.78 Å². The molecule has 0 bridgehead atoms. The summed E-state index contributed by atoms with van der Waals surface area (Å²) in [5.74, 6) is 0.239. The van der Waals surface area contributed by atoms with Gasteiger partial charge in [0.1, 0.15) is 11.5 Å². The Morgan fingerprint density at radius 2 is 1.74 bits per heavy atom. The average molecular weight is 499 g/mol. The molecule has 1 aromatic heterocycles. The second-order valence-electron chi connectivity index (χ2n) is 7.57. The molecule has 0 unspecified atom stereocenters. The number of nitrogens with one attached hydrogen (secondary N) is 1. The first kappa shape index (κ1) is 23.8. The van der Waals surface area contributed by atoms with Crippen molar-refractivity contribution in [2.45, 2.75) is 12.8 Å². The smallest absolute Gasteiger partial charge is 0.224 e. The fraction of sp³-hybridized carbons (Fsp3) is 0.154. The zero-order valence-electron chi connectivity index (χ0n) is 18.3. The molecule has 0 saturated carbocycles. The zero-order chi connectivity index (χ0) is 24.1. The fourth-order valence-electron chi connectivity index (χ4n) is 3.52. The number of pyridine rings is 1. The van der Waals surface area contributed by atoms with Crippen LogP contribution in [0.2, 0.25) is 10.0 Å². The first-order chi connectivity index (χ1) is 16.4. The average Bonchev–Trinajstić information content (AvgIpc) is 2.82. The van der Waals surface area contributed by atoms with Crippen LogP contribution in [0.15, 0.2) is 66.9 Å². The molecular formula is C26H21Cl2FN2O3. The van der Waals surface area contributed by atoms with E-state index in [0.717, 1.165) is 5.56 Å². The molecular weight excluding hydrogens is 478 g/mol. The maximum absolute atomic E-state index is 14.3. The highest BCUT2D eigenvalue weighted by Gasteiger charge is 2.15. The highest BCUT2D eigenvalue weighted by Crippen LogP contribution is 2.34. The van der Waals surface area contributed by atoms with Crippen molar-refractivity contribution in [2.75, 3.05) is 13.7 Å². The Bertz CT molecular complexity index is 1330. The molecule has 174 valence electrons. The van der Waals surface area contributed by atoms with Gasteiger partial charge in [-0.1, -0.05) is 35.3 Å². The molecule has 0 radical (unpaired) electrons. The van der Waals surface area contributed by atoms with E-state index < -0.39 is 5.82 Å². The van der Waals surface area contributed by atoms with E-state index in [0.29, 0.717) is 46.0 Å². The summed E-state index contributed by atoms with van der Waals surface area (Å²) in [5.41, 5.74) is 2.33. The van der Waals surface area contributed by atoms with E-state index in [1.54, 1.807) is 30.5 Å². The van der Waals surface area contributed by atoms with Crippen LogP contribution in [0.3, 0.4) is 0 Å². The van der Waals surface area contributed by atoms with Gasteiger partial charge in [-0.2, -0.15) is 0 Å². The van der Waals surface area contributed by atoms with Crippen LogP contribution in [0.1, 0.15) is 11.1 Å². The number of hydrogen-bond donors (Lipinski definition) is 1. The Kier molecular flexibility index (Phi) is 7.50. The Morgan fingerprint density at radius 3 is 2.47 bits per heavy atom. The van der Waals surface area contributed by atoms with Crippen LogP contribution >= 0.6 is 23.2 Å². The topological polar surface area (TPSA) is 60.5 Å². The third-order valence-electron chi connectivity index (χ3n) is 5.22. The number of benzene rings is 3. The predicted molar refractivity (Wildman–Crippen MR) is 132 cm³/mol. The molecule has 5 nitrogen and oxygen atoms in total. The first-order valence-corrected chi connectivity index (χ1v) is 11.3. The van der Waals surface area contributed by atoms with Crippen molar-refractivity contribution in [3.05, 3.63) is 93.8 Å². The van der Waals surface area contributed by atoms with Crippen molar-refractivity contribution in [3.63, 3.8) is 0 Å². The number of hydrogen-bond acceptors (Lipinski definition) is 4. The minimum absolute atomic E-state index is 0.0363. The van der Waals surface area contributed by atoms with E-state index in [4.69, 9.17) is 32.7 Å². The number of nitrogens with zero attached hydrogens (tertiary/aromatic N) is 1. The second-order valence-corrected chi connectivity index (χ2v) is 8.44. The molecule has 1 heterocycles. The summed E-state index contributed by atoms with van der Waals surface area (Å²) >= 11 is 11.7.